The first-order valence-corrected chi connectivity index (χ1v) is 8.05. The van der Waals surface area contributed by atoms with Gasteiger partial charge in [-0.3, -0.25) is 0 Å². The van der Waals surface area contributed by atoms with Crippen LogP contribution in [-0.4, -0.2) is 31.7 Å². The Morgan fingerprint density at radius 3 is 2.63 bits per heavy atom. The van der Waals surface area contributed by atoms with Crippen molar-refractivity contribution in [3.63, 3.8) is 0 Å². The summed E-state index contributed by atoms with van der Waals surface area (Å²) in [6.45, 7) is 8.45. The van der Waals surface area contributed by atoms with E-state index in [1.165, 1.54) is 0 Å². The van der Waals surface area contributed by atoms with Crippen LogP contribution in [0.4, 0.5) is 0 Å². The highest BCUT2D eigenvalue weighted by molar-refractivity contribution is 7.90. The maximum atomic E-state index is 12.1. The van der Waals surface area contributed by atoms with E-state index in [9.17, 15) is 8.42 Å². The first-order valence-electron chi connectivity index (χ1n) is 6.51. The third-order valence-corrected chi connectivity index (χ3v) is 4.65. The van der Waals surface area contributed by atoms with Gasteiger partial charge in [0.25, 0.3) is 0 Å². The summed E-state index contributed by atoms with van der Waals surface area (Å²) in [4.78, 5) is 4.03. The van der Waals surface area contributed by atoms with Gasteiger partial charge in [0.1, 0.15) is 5.76 Å². The summed E-state index contributed by atoms with van der Waals surface area (Å²) in [5.41, 5.74) is 0. The molecule has 0 amide bonds. The highest BCUT2D eigenvalue weighted by Crippen LogP contribution is 2.14. The number of hydrogen-bond acceptors (Lipinski definition) is 5. The molecule has 0 spiro atoms. The number of aromatic nitrogens is 1. The number of rotatable bonds is 8. The Bertz CT molecular complexity index is 484. The Kier molecular flexibility index (Phi) is 5.96. The van der Waals surface area contributed by atoms with Crippen molar-refractivity contribution >= 4 is 10.0 Å². The van der Waals surface area contributed by atoms with Gasteiger partial charge in [-0.15, -0.1) is 0 Å². The molecule has 0 bridgehead atoms. The maximum absolute atomic E-state index is 12.1. The molecule has 0 aromatic carbocycles. The van der Waals surface area contributed by atoms with Gasteiger partial charge in [-0.05, 0) is 33.7 Å². The number of nitrogens with one attached hydrogen (secondary N) is 2. The maximum Gasteiger partial charge on any atom is 0.216 e. The van der Waals surface area contributed by atoms with E-state index in [4.69, 9.17) is 4.42 Å². The predicted octanol–water partition coefficient (Wildman–Crippen LogP) is 1.35. The van der Waals surface area contributed by atoms with E-state index in [-0.39, 0.29) is 0 Å². The van der Waals surface area contributed by atoms with E-state index in [0.29, 0.717) is 18.2 Å². The van der Waals surface area contributed by atoms with Gasteiger partial charge in [-0.25, -0.2) is 18.1 Å². The molecule has 0 aliphatic rings. The van der Waals surface area contributed by atoms with E-state index in [1.54, 1.807) is 27.0 Å². The standard InChI is InChI=1S/C12H23N3O3S/c1-5-6-13-8-10(3)19(16,17)15-11(4)12-14-7-9(2)18-12/h7,10-11,13,15H,5-6,8H2,1-4H3. The summed E-state index contributed by atoms with van der Waals surface area (Å²) in [5.74, 6) is 1.05. The molecule has 1 heterocycles. The third-order valence-electron chi connectivity index (χ3n) is 2.74. The number of nitrogens with zero attached hydrogens (tertiary/aromatic N) is 1. The van der Waals surface area contributed by atoms with E-state index >= 15 is 0 Å². The fraction of sp³-hybridized carbons (Fsp3) is 0.750. The zero-order valence-corrected chi connectivity index (χ0v) is 12.8. The zero-order chi connectivity index (χ0) is 14.5. The van der Waals surface area contributed by atoms with Gasteiger partial charge >= 0.3 is 0 Å². The van der Waals surface area contributed by atoms with Crippen molar-refractivity contribution in [2.24, 2.45) is 0 Å². The van der Waals surface area contributed by atoms with Crippen LogP contribution in [0.2, 0.25) is 0 Å². The number of sulfonamides is 1. The number of oxazole rings is 1. The molecule has 19 heavy (non-hydrogen) atoms. The molecule has 6 nitrogen and oxygen atoms in total. The molecular weight excluding hydrogens is 266 g/mol. The van der Waals surface area contributed by atoms with Crippen molar-refractivity contribution in [3.05, 3.63) is 17.8 Å². The van der Waals surface area contributed by atoms with Crippen molar-refractivity contribution in [2.75, 3.05) is 13.1 Å². The highest BCUT2D eigenvalue weighted by Gasteiger charge is 2.24. The van der Waals surface area contributed by atoms with Gasteiger partial charge in [0, 0.05) is 6.54 Å². The molecule has 0 aliphatic heterocycles. The molecule has 1 aromatic rings. The van der Waals surface area contributed by atoms with Crippen molar-refractivity contribution < 1.29 is 12.8 Å². The fourth-order valence-electron chi connectivity index (χ4n) is 1.58. The van der Waals surface area contributed by atoms with Crippen molar-refractivity contribution in [1.29, 1.82) is 0 Å². The summed E-state index contributed by atoms with van der Waals surface area (Å²) in [7, 11) is -3.39. The van der Waals surface area contributed by atoms with Crippen LogP contribution in [0.25, 0.3) is 0 Å². The van der Waals surface area contributed by atoms with E-state index in [0.717, 1.165) is 13.0 Å². The second kappa shape index (κ2) is 7.02. The second-order valence-electron chi connectivity index (χ2n) is 4.71. The first-order chi connectivity index (χ1) is 8.86. The van der Waals surface area contributed by atoms with E-state index in [2.05, 4.69) is 15.0 Å². The van der Waals surface area contributed by atoms with Crippen LogP contribution in [0.5, 0.6) is 0 Å². The van der Waals surface area contributed by atoms with Crippen LogP contribution in [-0.2, 0) is 10.0 Å². The monoisotopic (exact) mass is 289 g/mol. The normalized spacial score (nSPS) is 15.4. The zero-order valence-electron chi connectivity index (χ0n) is 11.9. The van der Waals surface area contributed by atoms with Crippen LogP contribution in [0, 0.1) is 6.92 Å². The molecule has 110 valence electrons. The Balaban J connectivity index is 2.58. The molecular formula is C12H23N3O3S. The largest absolute Gasteiger partial charge is 0.444 e. The first kappa shape index (κ1) is 16.1. The molecule has 0 aliphatic carbocycles. The summed E-state index contributed by atoms with van der Waals surface area (Å²) >= 11 is 0. The van der Waals surface area contributed by atoms with Crippen molar-refractivity contribution in [1.82, 2.24) is 15.0 Å². The minimum atomic E-state index is -3.39. The van der Waals surface area contributed by atoms with Crippen molar-refractivity contribution in [3.8, 4) is 0 Å². The molecule has 0 saturated carbocycles. The minimum Gasteiger partial charge on any atom is -0.444 e. The SMILES string of the molecule is CCCNCC(C)S(=O)(=O)NC(C)c1ncc(C)o1. The van der Waals surface area contributed by atoms with Gasteiger partial charge in [-0.1, -0.05) is 6.92 Å². The van der Waals surface area contributed by atoms with Gasteiger partial charge in [0.05, 0.1) is 17.5 Å². The Morgan fingerprint density at radius 1 is 1.42 bits per heavy atom. The molecule has 0 fully saturated rings. The summed E-state index contributed by atoms with van der Waals surface area (Å²) in [5, 5.41) is 2.60. The van der Waals surface area contributed by atoms with E-state index in [1.807, 2.05) is 6.92 Å². The molecule has 0 radical (unpaired) electrons. The lowest BCUT2D eigenvalue weighted by atomic mass is 10.4. The quantitative estimate of drug-likeness (QED) is 0.706. The predicted molar refractivity (Wildman–Crippen MR) is 74.3 cm³/mol. The van der Waals surface area contributed by atoms with Crippen LogP contribution in [0.3, 0.4) is 0 Å². The van der Waals surface area contributed by atoms with Crippen LogP contribution < -0.4 is 10.0 Å². The fourth-order valence-corrected chi connectivity index (χ4v) is 2.74. The summed E-state index contributed by atoms with van der Waals surface area (Å²) < 4.78 is 32.1. The lowest BCUT2D eigenvalue weighted by molar-refractivity contribution is 0.426. The van der Waals surface area contributed by atoms with Crippen LogP contribution >= 0.6 is 0 Å². The number of hydrogen-bond donors (Lipinski definition) is 2. The Hall–Kier alpha value is -0.920. The lowest BCUT2D eigenvalue weighted by Crippen LogP contribution is -2.40. The van der Waals surface area contributed by atoms with Crippen LogP contribution in [0.15, 0.2) is 10.6 Å². The van der Waals surface area contributed by atoms with Gasteiger partial charge in [0.2, 0.25) is 15.9 Å². The van der Waals surface area contributed by atoms with Crippen molar-refractivity contribution in [2.45, 2.75) is 45.4 Å². The number of aryl methyl sites for hydroxylation is 1. The molecule has 0 saturated heterocycles. The highest BCUT2D eigenvalue weighted by atomic mass is 32.2. The summed E-state index contributed by atoms with van der Waals surface area (Å²) in [6, 6.07) is -0.465. The van der Waals surface area contributed by atoms with Crippen LogP contribution in [0.1, 0.15) is 44.9 Å². The van der Waals surface area contributed by atoms with Gasteiger partial charge < -0.3 is 9.73 Å². The molecule has 1 aromatic heterocycles. The molecule has 2 unspecified atom stereocenters. The smallest absolute Gasteiger partial charge is 0.216 e. The van der Waals surface area contributed by atoms with Gasteiger partial charge in [-0.2, -0.15) is 0 Å². The average Bonchev–Trinajstić information content (AvgIpc) is 2.75. The minimum absolute atomic E-state index is 0.384. The van der Waals surface area contributed by atoms with Gasteiger partial charge in [0.15, 0.2) is 0 Å². The molecule has 2 N–H and O–H groups in total. The summed E-state index contributed by atoms with van der Waals surface area (Å²) in [6.07, 6.45) is 2.55. The average molecular weight is 289 g/mol. The molecule has 1 rings (SSSR count). The molecule has 2 atom stereocenters. The Morgan fingerprint density at radius 2 is 2.11 bits per heavy atom. The van der Waals surface area contributed by atoms with E-state index < -0.39 is 21.3 Å². The lowest BCUT2D eigenvalue weighted by Gasteiger charge is -2.17. The molecule has 7 heteroatoms. The second-order valence-corrected chi connectivity index (χ2v) is 6.84. The Labute approximate surface area is 115 Å². The third kappa shape index (κ3) is 4.93. The topological polar surface area (TPSA) is 84.2 Å².